The van der Waals surface area contributed by atoms with Crippen LogP contribution in [0.2, 0.25) is 0 Å². The fraction of sp³-hybridized carbons (Fsp3) is 0.333. The second kappa shape index (κ2) is 6.00. The first kappa shape index (κ1) is 14.4. The van der Waals surface area contributed by atoms with Crippen molar-refractivity contribution in [3.05, 3.63) is 58.7 Å². The first-order valence-corrected chi connectivity index (χ1v) is 7.07. The molecule has 1 N–H and O–H groups in total. The topological polar surface area (TPSA) is 15.3 Å². The second-order valence-corrected chi connectivity index (χ2v) is 5.52. The number of nitrogens with zero attached hydrogens (tertiary/aromatic N) is 1. The molecular formula is C18H24N2. The predicted molar refractivity (Wildman–Crippen MR) is 88.7 cm³/mol. The molecule has 2 heteroatoms. The van der Waals surface area contributed by atoms with Crippen molar-refractivity contribution in [1.29, 1.82) is 0 Å². The largest absolute Gasteiger partial charge is 0.388 e. The Hall–Kier alpha value is -1.96. The number of benzene rings is 2. The molecule has 0 aliphatic heterocycles. The minimum atomic E-state index is 0.936. The minimum Gasteiger partial charge on any atom is -0.388 e. The molecule has 0 aliphatic carbocycles. The van der Waals surface area contributed by atoms with E-state index in [9.17, 15) is 0 Å². The highest BCUT2D eigenvalue weighted by Gasteiger charge is 2.06. The normalized spacial score (nSPS) is 10.4. The number of anilines is 2. The quantitative estimate of drug-likeness (QED) is 0.890. The zero-order valence-corrected chi connectivity index (χ0v) is 13.1. The molecule has 0 unspecified atom stereocenters. The van der Waals surface area contributed by atoms with Crippen LogP contribution in [0.3, 0.4) is 0 Å². The highest BCUT2D eigenvalue weighted by molar-refractivity contribution is 5.55. The Morgan fingerprint density at radius 2 is 1.50 bits per heavy atom. The molecule has 20 heavy (non-hydrogen) atoms. The first-order valence-electron chi connectivity index (χ1n) is 7.07. The van der Waals surface area contributed by atoms with Crippen LogP contribution < -0.4 is 10.2 Å². The fourth-order valence-corrected chi connectivity index (χ4v) is 2.42. The van der Waals surface area contributed by atoms with Crippen molar-refractivity contribution in [3.63, 3.8) is 0 Å². The Bertz CT molecular complexity index is 585. The molecule has 0 heterocycles. The van der Waals surface area contributed by atoms with Gasteiger partial charge in [-0.1, -0.05) is 12.1 Å². The van der Waals surface area contributed by atoms with Crippen LogP contribution in [0.5, 0.6) is 0 Å². The SMILES string of the molecule is CNc1ccc(N(C)Cc2cc(C)c(C)cc2C)cc1. The minimum absolute atomic E-state index is 0.936. The van der Waals surface area contributed by atoms with E-state index in [0.29, 0.717) is 0 Å². The van der Waals surface area contributed by atoms with Crippen LogP contribution in [0.15, 0.2) is 36.4 Å². The molecule has 0 aliphatic rings. The van der Waals surface area contributed by atoms with Gasteiger partial charge in [0.2, 0.25) is 0 Å². The molecule has 0 atom stereocenters. The maximum atomic E-state index is 3.15. The van der Waals surface area contributed by atoms with Crippen LogP contribution in [-0.4, -0.2) is 14.1 Å². The number of nitrogens with one attached hydrogen (secondary N) is 1. The van der Waals surface area contributed by atoms with Gasteiger partial charge in [0.1, 0.15) is 0 Å². The lowest BCUT2D eigenvalue weighted by molar-refractivity contribution is 0.911. The molecule has 0 saturated carbocycles. The number of hydrogen-bond acceptors (Lipinski definition) is 2. The number of rotatable bonds is 4. The molecule has 0 amide bonds. The third-order valence-electron chi connectivity index (χ3n) is 3.96. The third kappa shape index (κ3) is 3.13. The number of hydrogen-bond donors (Lipinski definition) is 1. The summed E-state index contributed by atoms with van der Waals surface area (Å²) < 4.78 is 0. The van der Waals surface area contributed by atoms with E-state index in [1.165, 1.54) is 27.9 Å². The summed E-state index contributed by atoms with van der Waals surface area (Å²) in [7, 11) is 4.08. The Balaban J connectivity index is 2.18. The summed E-state index contributed by atoms with van der Waals surface area (Å²) in [4.78, 5) is 2.29. The molecule has 0 aromatic heterocycles. The van der Waals surface area contributed by atoms with E-state index < -0.39 is 0 Å². The smallest absolute Gasteiger partial charge is 0.0428 e. The average Bonchev–Trinajstić information content (AvgIpc) is 2.44. The summed E-state index contributed by atoms with van der Waals surface area (Å²) in [5.41, 5.74) is 7.88. The van der Waals surface area contributed by atoms with Crippen molar-refractivity contribution in [2.24, 2.45) is 0 Å². The highest BCUT2D eigenvalue weighted by atomic mass is 15.1. The molecule has 106 valence electrons. The monoisotopic (exact) mass is 268 g/mol. The Morgan fingerprint density at radius 1 is 0.900 bits per heavy atom. The van der Waals surface area contributed by atoms with Crippen LogP contribution in [0, 0.1) is 20.8 Å². The van der Waals surface area contributed by atoms with Crippen molar-refractivity contribution in [2.75, 3.05) is 24.3 Å². The van der Waals surface area contributed by atoms with E-state index in [2.05, 4.69) is 74.4 Å². The molecule has 2 nitrogen and oxygen atoms in total. The Morgan fingerprint density at radius 3 is 2.10 bits per heavy atom. The first-order chi connectivity index (χ1) is 9.51. The summed E-state index contributed by atoms with van der Waals surface area (Å²) in [6.07, 6.45) is 0. The van der Waals surface area contributed by atoms with Crippen molar-refractivity contribution in [1.82, 2.24) is 0 Å². The molecule has 0 fully saturated rings. The van der Waals surface area contributed by atoms with Crippen LogP contribution >= 0.6 is 0 Å². The Kier molecular flexibility index (Phi) is 4.33. The molecule has 0 spiro atoms. The van der Waals surface area contributed by atoms with Gasteiger partial charge >= 0.3 is 0 Å². The summed E-state index contributed by atoms with van der Waals surface area (Å²) in [6.45, 7) is 7.48. The van der Waals surface area contributed by atoms with Gasteiger partial charge in [-0.15, -0.1) is 0 Å². The van der Waals surface area contributed by atoms with Gasteiger partial charge in [0.05, 0.1) is 0 Å². The van der Waals surface area contributed by atoms with Gasteiger partial charge in [0, 0.05) is 32.0 Å². The maximum absolute atomic E-state index is 3.15. The molecule has 2 aromatic carbocycles. The van der Waals surface area contributed by atoms with E-state index in [4.69, 9.17) is 0 Å². The van der Waals surface area contributed by atoms with Crippen LogP contribution in [-0.2, 0) is 6.54 Å². The standard InChI is InChI=1S/C18H24N2/c1-13-10-15(3)16(11-14(13)2)12-20(5)18-8-6-17(19-4)7-9-18/h6-11,19H,12H2,1-5H3. The Labute approximate surface area is 122 Å². The van der Waals surface area contributed by atoms with Crippen LogP contribution in [0.25, 0.3) is 0 Å². The molecule has 0 radical (unpaired) electrons. The lowest BCUT2D eigenvalue weighted by Crippen LogP contribution is -2.17. The lowest BCUT2D eigenvalue weighted by Gasteiger charge is -2.21. The van der Waals surface area contributed by atoms with Crippen LogP contribution in [0.1, 0.15) is 22.3 Å². The van der Waals surface area contributed by atoms with Gasteiger partial charge in [-0.3, -0.25) is 0 Å². The zero-order chi connectivity index (χ0) is 14.7. The summed E-state index contributed by atoms with van der Waals surface area (Å²) in [5, 5.41) is 3.15. The summed E-state index contributed by atoms with van der Waals surface area (Å²) in [5.74, 6) is 0. The average molecular weight is 268 g/mol. The maximum Gasteiger partial charge on any atom is 0.0428 e. The fourth-order valence-electron chi connectivity index (χ4n) is 2.42. The van der Waals surface area contributed by atoms with Crippen molar-refractivity contribution in [3.8, 4) is 0 Å². The molecule has 0 bridgehead atoms. The second-order valence-electron chi connectivity index (χ2n) is 5.52. The summed E-state index contributed by atoms with van der Waals surface area (Å²) in [6, 6.07) is 13.1. The predicted octanol–water partition coefficient (Wildman–Crippen LogP) is 4.29. The molecular weight excluding hydrogens is 244 g/mol. The summed E-state index contributed by atoms with van der Waals surface area (Å²) >= 11 is 0. The molecule has 2 rings (SSSR count). The highest BCUT2D eigenvalue weighted by Crippen LogP contribution is 2.21. The van der Waals surface area contributed by atoms with Gasteiger partial charge in [-0.25, -0.2) is 0 Å². The van der Waals surface area contributed by atoms with Crippen molar-refractivity contribution >= 4 is 11.4 Å². The van der Waals surface area contributed by atoms with E-state index in [-0.39, 0.29) is 0 Å². The van der Waals surface area contributed by atoms with Crippen LogP contribution in [0.4, 0.5) is 11.4 Å². The molecule has 2 aromatic rings. The van der Waals surface area contributed by atoms with Gasteiger partial charge in [0.25, 0.3) is 0 Å². The molecule has 0 saturated heterocycles. The van der Waals surface area contributed by atoms with Gasteiger partial charge < -0.3 is 10.2 Å². The van der Waals surface area contributed by atoms with Gasteiger partial charge in [-0.05, 0) is 67.3 Å². The third-order valence-corrected chi connectivity index (χ3v) is 3.96. The van der Waals surface area contributed by atoms with Gasteiger partial charge in [-0.2, -0.15) is 0 Å². The van der Waals surface area contributed by atoms with Crippen molar-refractivity contribution < 1.29 is 0 Å². The van der Waals surface area contributed by atoms with E-state index in [1.807, 2.05) is 7.05 Å². The van der Waals surface area contributed by atoms with E-state index >= 15 is 0 Å². The zero-order valence-electron chi connectivity index (χ0n) is 13.1. The van der Waals surface area contributed by atoms with E-state index in [0.717, 1.165) is 12.2 Å². The van der Waals surface area contributed by atoms with Crippen molar-refractivity contribution in [2.45, 2.75) is 27.3 Å². The van der Waals surface area contributed by atoms with E-state index in [1.54, 1.807) is 0 Å². The van der Waals surface area contributed by atoms with Gasteiger partial charge in [0.15, 0.2) is 0 Å². The lowest BCUT2D eigenvalue weighted by atomic mass is 10.0. The number of aryl methyl sites for hydroxylation is 3.